The van der Waals surface area contributed by atoms with Crippen LogP contribution in [0.2, 0.25) is 0 Å². The van der Waals surface area contributed by atoms with Crippen molar-refractivity contribution < 1.29 is 19.0 Å². The van der Waals surface area contributed by atoms with Gasteiger partial charge in [0.15, 0.2) is 5.82 Å². The number of benzene rings is 2. The zero-order chi connectivity index (χ0) is 27.8. The van der Waals surface area contributed by atoms with Crippen LogP contribution < -0.4 is 26.2 Å². The predicted octanol–water partition coefficient (Wildman–Crippen LogP) is 2.18. The molecule has 2 aromatic heterocycles. The van der Waals surface area contributed by atoms with E-state index in [-0.39, 0.29) is 30.2 Å². The molecule has 0 aliphatic carbocycles. The summed E-state index contributed by atoms with van der Waals surface area (Å²) in [5.74, 6) is 1.05. The van der Waals surface area contributed by atoms with Gasteiger partial charge in [0.1, 0.15) is 23.4 Å². The number of ether oxygens (including phenoxy) is 3. The number of rotatable bonds is 12. The number of H-pyrrole nitrogens is 1. The van der Waals surface area contributed by atoms with Gasteiger partial charge >= 0.3 is 11.7 Å². The first-order valence-electron chi connectivity index (χ1n) is 12.0. The van der Waals surface area contributed by atoms with Crippen molar-refractivity contribution in [3.8, 4) is 17.4 Å². The van der Waals surface area contributed by atoms with Crippen LogP contribution in [0.5, 0.6) is 11.5 Å². The number of carbonyl (C=O) groups is 1. The van der Waals surface area contributed by atoms with Gasteiger partial charge in [-0.05, 0) is 48.0 Å². The highest BCUT2D eigenvalue weighted by molar-refractivity contribution is 5.95. The van der Waals surface area contributed by atoms with E-state index in [0.29, 0.717) is 41.3 Å². The normalized spacial score (nSPS) is 11.4. The minimum atomic E-state index is -0.663. The molecule has 5 N–H and O–H groups in total. The Hall–Kier alpha value is -5.20. The number of nitrogens with two attached hydrogens (primary N) is 1. The third-order valence-electron chi connectivity index (χ3n) is 5.49. The van der Waals surface area contributed by atoms with Gasteiger partial charge in [-0.2, -0.15) is 0 Å². The van der Waals surface area contributed by atoms with Gasteiger partial charge in [-0.25, -0.2) is 14.8 Å². The van der Waals surface area contributed by atoms with Crippen LogP contribution in [-0.4, -0.2) is 56.9 Å². The van der Waals surface area contributed by atoms with E-state index in [1.165, 1.54) is 26.4 Å². The van der Waals surface area contributed by atoms with E-state index < -0.39 is 11.7 Å². The minimum Gasteiger partial charge on any atom is -0.497 e. The van der Waals surface area contributed by atoms with Gasteiger partial charge < -0.3 is 25.3 Å². The van der Waals surface area contributed by atoms with Crippen LogP contribution in [0.4, 0.5) is 5.69 Å². The Morgan fingerprint density at radius 1 is 1.13 bits per heavy atom. The quantitative estimate of drug-likeness (QED) is 0.0913. The molecular formula is C26H28N8O5. The zero-order valence-electron chi connectivity index (χ0n) is 21.4. The number of carbonyl (C=O) groups excluding carboxylic acids is 1. The van der Waals surface area contributed by atoms with Gasteiger partial charge in [-0.3, -0.25) is 15.2 Å². The first kappa shape index (κ1) is 26.9. The average Bonchev–Trinajstić information content (AvgIpc) is 3.32. The summed E-state index contributed by atoms with van der Waals surface area (Å²) in [6.07, 6.45) is 3.54. The van der Waals surface area contributed by atoms with Crippen LogP contribution in [0.15, 0.2) is 65.7 Å². The molecule has 2 aromatic carbocycles. The van der Waals surface area contributed by atoms with Crippen molar-refractivity contribution in [3.63, 3.8) is 0 Å². The average molecular weight is 533 g/mol. The van der Waals surface area contributed by atoms with Crippen molar-refractivity contribution in [1.29, 1.82) is 5.41 Å². The Morgan fingerprint density at radius 2 is 1.85 bits per heavy atom. The van der Waals surface area contributed by atoms with Gasteiger partial charge in [0.2, 0.25) is 0 Å². The first-order valence-corrected chi connectivity index (χ1v) is 12.0. The number of amidine groups is 1. The van der Waals surface area contributed by atoms with E-state index in [0.717, 1.165) is 4.68 Å². The first-order chi connectivity index (χ1) is 18.8. The molecule has 13 heteroatoms. The van der Waals surface area contributed by atoms with E-state index in [1.807, 2.05) is 0 Å². The van der Waals surface area contributed by atoms with Crippen LogP contribution in [0, 0.1) is 5.41 Å². The van der Waals surface area contributed by atoms with Crippen molar-refractivity contribution in [2.45, 2.75) is 19.4 Å². The van der Waals surface area contributed by atoms with E-state index >= 15 is 0 Å². The van der Waals surface area contributed by atoms with E-state index in [4.69, 9.17) is 25.4 Å². The molecule has 0 aliphatic rings. The van der Waals surface area contributed by atoms with Crippen molar-refractivity contribution in [1.82, 2.24) is 24.7 Å². The topological polar surface area (TPSA) is 183 Å². The van der Waals surface area contributed by atoms with Crippen molar-refractivity contribution in [2.75, 3.05) is 25.6 Å². The molecule has 0 amide bonds. The molecule has 202 valence electrons. The maximum absolute atomic E-state index is 12.8. The smallest absolute Gasteiger partial charge is 0.350 e. The molecule has 0 bridgehead atoms. The van der Waals surface area contributed by atoms with E-state index in [2.05, 4.69) is 25.4 Å². The minimum absolute atomic E-state index is 0.0488. The number of nitrogens with one attached hydrogen (secondary N) is 3. The molecule has 4 rings (SSSR count). The van der Waals surface area contributed by atoms with Crippen LogP contribution in [0.1, 0.15) is 36.3 Å². The summed E-state index contributed by atoms with van der Waals surface area (Å²) in [5, 5.41) is 15.5. The molecule has 0 spiro atoms. The predicted molar refractivity (Wildman–Crippen MR) is 142 cm³/mol. The number of anilines is 1. The molecule has 0 radical (unpaired) electrons. The molecule has 4 aromatic rings. The van der Waals surface area contributed by atoms with Gasteiger partial charge in [-0.15, -0.1) is 9.78 Å². The van der Waals surface area contributed by atoms with Gasteiger partial charge in [0.25, 0.3) is 5.95 Å². The third kappa shape index (κ3) is 6.97. The fourth-order valence-electron chi connectivity index (χ4n) is 3.66. The number of nitrogen functional groups attached to an aromatic ring is 1. The number of aromatic amines is 1. The monoisotopic (exact) mass is 532 g/mol. The Labute approximate surface area is 223 Å². The second-order valence-electron chi connectivity index (χ2n) is 8.33. The molecule has 0 aliphatic heterocycles. The summed E-state index contributed by atoms with van der Waals surface area (Å²) < 4.78 is 17.4. The largest absolute Gasteiger partial charge is 0.497 e. The fourth-order valence-corrected chi connectivity index (χ4v) is 3.66. The van der Waals surface area contributed by atoms with Crippen molar-refractivity contribution in [2.24, 2.45) is 5.73 Å². The number of nitrogens with zero attached hydrogens (tertiary/aromatic N) is 4. The van der Waals surface area contributed by atoms with Crippen molar-refractivity contribution in [3.05, 3.63) is 88.4 Å². The lowest BCUT2D eigenvalue weighted by atomic mass is 10.0. The highest BCUT2D eigenvalue weighted by Gasteiger charge is 2.22. The number of methoxy groups -OCH3 is 1. The second-order valence-corrected chi connectivity index (χ2v) is 8.33. The number of hydrogen-bond acceptors (Lipinski definition) is 10. The Bertz CT molecular complexity index is 1480. The molecule has 39 heavy (non-hydrogen) atoms. The molecule has 0 fully saturated rings. The lowest BCUT2D eigenvalue weighted by molar-refractivity contribution is -0.141. The number of aromatic nitrogens is 5. The van der Waals surface area contributed by atoms with Crippen LogP contribution in [0.3, 0.4) is 0 Å². The molecule has 1 atom stereocenters. The van der Waals surface area contributed by atoms with Crippen LogP contribution in [0.25, 0.3) is 5.95 Å². The standard InChI is InChI=1S/C26H28N8O5/c1-16(35)38-11-4-12-39-21-14-18(13-20(15-21)37-2)22(31-19-7-5-17(6-8-19)23(27)28)24-32-26(36)34(33-24)25-29-9-3-10-30-25/h3,5-10,13-15,22,31H,4,11-12H2,1-2H3,(H3,27,28)(H,32,33,36). The number of hydrogen-bond donors (Lipinski definition) is 4. The van der Waals surface area contributed by atoms with Gasteiger partial charge in [0, 0.05) is 43.1 Å². The maximum atomic E-state index is 12.8. The Morgan fingerprint density at radius 3 is 2.51 bits per heavy atom. The van der Waals surface area contributed by atoms with Crippen LogP contribution in [-0.2, 0) is 9.53 Å². The summed E-state index contributed by atoms with van der Waals surface area (Å²) in [6.45, 7) is 1.90. The SMILES string of the molecule is COc1cc(OCCCOC(C)=O)cc(C(Nc2ccc(C(=N)N)cc2)c2nn(-c3ncccn3)c(=O)[nH]2)c1. The summed E-state index contributed by atoms with van der Waals surface area (Å²) >= 11 is 0. The second kappa shape index (κ2) is 12.4. The highest BCUT2D eigenvalue weighted by Crippen LogP contribution is 2.31. The molecule has 0 saturated heterocycles. The van der Waals surface area contributed by atoms with Gasteiger partial charge in [-0.1, -0.05) is 0 Å². The lowest BCUT2D eigenvalue weighted by Gasteiger charge is -2.20. The zero-order valence-corrected chi connectivity index (χ0v) is 21.4. The summed E-state index contributed by atoms with van der Waals surface area (Å²) in [4.78, 5) is 34.8. The number of esters is 1. The molecule has 0 saturated carbocycles. The van der Waals surface area contributed by atoms with E-state index in [1.54, 1.807) is 48.5 Å². The Balaban J connectivity index is 1.69. The highest BCUT2D eigenvalue weighted by atomic mass is 16.5. The summed E-state index contributed by atoms with van der Waals surface area (Å²) in [7, 11) is 1.54. The molecular weight excluding hydrogens is 504 g/mol. The van der Waals surface area contributed by atoms with Gasteiger partial charge in [0.05, 0.1) is 20.3 Å². The summed E-state index contributed by atoms with van der Waals surface area (Å²) in [6, 6.07) is 13.3. The molecule has 1 unspecified atom stereocenters. The van der Waals surface area contributed by atoms with Crippen molar-refractivity contribution >= 4 is 17.5 Å². The maximum Gasteiger partial charge on any atom is 0.350 e. The third-order valence-corrected chi connectivity index (χ3v) is 5.49. The fraction of sp³-hybridized carbons (Fsp3) is 0.231. The molecule has 13 nitrogen and oxygen atoms in total. The summed E-state index contributed by atoms with van der Waals surface area (Å²) in [5.41, 5.74) is 7.01. The van der Waals surface area contributed by atoms with Crippen LogP contribution >= 0.6 is 0 Å². The lowest BCUT2D eigenvalue weighted by Crippen LogP contribution is -2.18. The van der Waals surface area contributed by atoms with E-state index in [9.17, 15) is 9.59 Å². The molecule has 2 heterocycles. The Kier molecular flexibility index (Phi) is 8.51.